The van der Waals surface area contributed by atoms with Crippen LogP contribution >= 0.6 is 0 Å². The van der Waals surface area contributed by atoms with Crippen molar-refractivity contribution in [3.63, 3.8) is 0 Å². The highest BCUT2D eigenvalue weighted by molar-refractivity contribution is 5.15. The molecule has 0 amide bonds. The van der Waals surface area contributed by atoms with Crippen molar-refractivity contribution in [3.8, 4) is 0 Å². The van der Waals surface area contributed by atoms with Crippen molar-refractivity contribution >= 4 is 0 Å². The molecule has 3 fully saturated rings. The first-order valence-electron chi connectivity index (χ1n) is 3.90. The molecule has 0 aromatic heterocycles. The molecule has 11 heavy (non-hydrogen) atoms. The Balaban J connectivity index is 1.91. The zero-order valence-electron chi connectivity index (χ0n) is 6.46. The monoisotopic (exact) mass is 164 g/mol. The highest BCUT2D eigenvalue weighted by Gasteiger charge is 2.67. The summed E-state index contributed by atoms with van der Waals surface area (Å²) in [5.74, 6) is 0. The highest BCUT2D eigenvalue weighted by Crippen LogP contribution is 2.75. The molecule has 3 aliphatic carbocycles. The lowest BCUT2D eigenvalue weighted by molar-refractivity contribution is -0.258. The van der Waals surface area contributed by atoms with Gasteiger partial charge in [-0.15, -0.1) is 0 Å². The Morgan fingerprint density at radius 2 is 1.64 bits per heavy atom. The van der Waals surface area contributed by atoms with Gasteiger partial charge in [0.1, 0.15) is 0 Å². The first-order chi connectivity index (χ1) is 4.83. The van der Waals surface area contributed by atoms with E-state index in [2.05, 4.69) is 6.92 Å². The van der Waals surface area contributed by atoms with Crippen molar-refractivity contribution in [2.45, 2.75) is 38.8 Å². The molecule has 0 atom stereocenters. The van der Waals surface area contributed by atoms with Crippen LogP contribution in [0.15, 0.2) is 0 Å². The van der Waals surface area contributed by atoms with Gasteiger partial charge in [-0.25, -0.2) is 0 Å². The first-order valence-corrected chi connectivity index (χ1v) is 3.90. The van der Waals surface area contributed by atoms with Crippen molar-refractivity contribution < 1.29 is 13.2 Å². The van der Waals surface area contributed by atoms with Crippen molar-refractivity contribution in [1.29, 1.82) is 0 Å². The maximum atomic E-state index is 11.9. The molecule has 0 unspecified atom stereocenters. The fourth-order valence-electron chi connectivity index (χ4n) is 3.17. The van der Waals surface area contributed by atoms with E-state index in [0.717, 1.165) is 19.3 Å². The predicted molar refractivity (Wildman–Crippen MR) is 35.1 cm³/mol. The summed E-state index contributed by atoms with van der Waals surface area (Å²) in [5.41, 5.74) is -0.0156. The fourth-order valence-corrected chi connectivity index (χ4v) is 3.17. The molecule has 0 saturated heterocycles. The van der Waals surface area contributed by atoms with Crippen LogP contribution in [0.25, 0.3) is 0 Å². The average molecular weight is 164 g/mol. The van der Waals surface area contributed by atoms with Gasteiger partial charge < -0.3 is 0 Å². The van der Waals surface area contributed by atoms with Gasteiger partial charge >= 0.3 is 6.18 Å². The molecule has 0 aromatic rings. The molecule has 64 valence electrons. The summed E-state index contributed by atoms with van der Waals surface area (Å²) in [7, 11) is 0. The average Bonchev–Trinajstić information content (AvgIpc) is 1.53. The molecule has 0 N–H and O–H groups in total. The van der Waals surface area contributed by atoms with Crippen molar-refractivity contribution in [3.05, 3.63) is 0 Å². The molecule has 0 radical (unpaired) electrons. The second-order valence-corrected chi connectivity index (χ2v) is 4.63. The zero-order valence-corrected chi connectivity index (χ0v) is 6.46. The fraction of sp³-hybridized carbons (Fsp3) is 1.00. The van der Waals surface area contributed by atoms with E-state index < -0.39 is 12.6 Å². The van der Waals surface area contributed by atoms with Crippen molar-refractivity contribution in [2.24, 2.45) is 10.8 Å². The van der Waals surface area contributed by atoms with E-state index in [0.29, 0.717) is 5.41 Å². The minimum atomic E-state index is -3.94. The van der Waals surface area contributed by atoms with Gasteiger partial charge in [-0.1, -0.05) is 6.92 Å². The summed E-state index contributed by atoms with van der Waals surface area (Å²) < 4.78 is 35.8. The van der Waals surface area contributed by atoms with E-state index in [9.17, 15) is 13.2 Å². The van der Waals surface area contributed by atoms with E-state index in [-0.39, 0.29) is 5.41 Å². The maximum Gasteiger partial charge on any atom is 0.389 e. The second kappa shape index (κ2) is 1.59. The number of alkyl halides is 3. The van der Waals surface area contributed by atoms with Gasteiger partial charge in [0.2, 0.25) is 0 Å². The first kappa shape index (κ1) is 7.44. The zero-order chi connectivity index (χ0) is 8.33. The van der Waals surface area contributed by atoms with Crippen LogP contribution in [0.2, 0.25) is 0 Å². The molecule has 3 saturated carbocycles. The van der Waals surface area contributed by atoms with Gasteiger partial charge in [0, 0.05) is 6.42 Å². The highest BCUT2D eigenvalue weighted by atomic mass is 19.4. The molecule has 0 aliphatic heterocycles. The summed E-state index contributed by atoms with van der Waals surface area (Å²) in [5, 5.41) is 0. The van der Waals surface area contributed by atoms with E-state index >= 15 is 0 Å². The normalized spacial score (nSPS) is 48.0. The lowest BCUT2D eigenvalue weighted by Gasteiger charge is -2.70. The molecule has 0 nitrogen and oxygen atoms in total. The number of rotatable bonds is 1. The Morgan fingerprint density at radius 3 is 1.91 bits per heavy atom. The maximum absolute atomic E-state index is 11.9. The summed E-state index contributed by atoms with van der Waals surface area (Å²) in [6, 6.07) is 0. The van der Waals surface area contributed by atoms with Gasteiger partial charge in [0.05, 0.1) is 0 Å². The third-order valence-electron chi connectivity index (χ3n) is 2.98. The quantitative estimate of drug-likeness (QED) is 0.558. The molecule has 3 rings (SSSR count). The lowest BCUT2D eigenvalue weighted by atomic mass is 9.35. The van der Waals surface area contributed by atoms with Crippen LogP contribution in [0.1, 0.15) is 32.6 Å². The number of halogens is 3. The summed E-state index contributed by atoms with van der Waals surface area (Å²) in [6.07, 6.45) is -2.07. The Bertz CT molecular complexity index is 172. The third kappa shape index (κ3) is 1.05. The molecular weight excluding hydrogens is 153 g/mol. The van der Waals surface area contributed by atoms with E-state index in [1.165, 1.54) is 0 Å². The van der Waals surface area contributed by atoms with Gasteiger partial charge in [0.25, 0.3) is 0 Å². The van der Waals surface area contributed by atoms with Crippen LogP contribution in [-0.2, 0) is 0 Å². The van der Waals surface area contributed by atoms with Crippen LogP contribution in [0, 0.1) is 10.8 Å². The van der Waals surface area contributed by atoms with Gasteiger partial charge in [-0.05, 0) is 30.1 Å². The predicted octanol–water partition coefficient (Wildman–Crippen LogP) is 3.13. The molecule has 3 heteroatoms. The standard InChI is InChI=1S/C8H11F3/c1-6-2-7(3-6,4-6)5-8(9,10)11/h2-5H2,1H3. The molecule has 2 bridgehead atoms. The Kier molecular flexibility index (Phi) is 1.08. The topological polar surface area (TPSA) is 0 Å². The third-order valence-corrected chi connectivity index (χ3v) is 2.98. The second-order valence-electron chi connectivity index (χ2n) is 4.63. The smallest absolute Gasteiger partial charge is 0.171 e. The van der Waals surface area contributed by atoms with Gasteiger partial charge in [0.15, 0.2) is 0 Å². The van der Waals surface area contributed by atoms with Gasteiger partial charge in [-0.2, -0.15) is 13.2 Å². The van der Waals surface area contributed by atoms with E-state index in [4.69, 9.17) is 0 Å². The summed E-state index contributed by atoms with van der Waals surface area (Å²) in [6.45, 7) is 2.07. The molecule has 0 heterocycles. The number of hydrogen-bond donors (Lipinski definition) is 0. The minimum Gasteiger partial charge on any atom is -0.171 e. The van der Waals surface area contributed by atoms with Crippen LogP contribution in [0.4, 0.5) is 13.2 Å². The summed E-state index contributed by atoms with van der Waals surface area (Å²) in [4.78, 5) is 0. The molecule has 0 spiro atoms. The van der Waals surface area contributed by atoms with Crippen LogP contribution in [-0.4, -0.2) is 6.18 Å². The van der Waals surface area contributed by atoms with Gasteiger partial charge in [-0.3, -0.25) is 0 Å². The SMILES string of the molecule is CC12CC(CC(F)(F)F)(C1)C2. The summed E-state index contributed by atoms with van der Waals surface area (Å²) >= 11 is 0. The van der Waals surface area contributed by atoms with E-state index in [1.54, 1.807) is 0 Å². The Labute approximate surface area is 63.8 Å². The van der Waals surface area contributed by atoms with Crippen molar-refractivity contribution in [1.82, 2.24) is 0 Å². The molecule has 0 aromatic carbocycles. The van der Waals surface area contributed by atoms with Crippen molar-refractivity contribution in [2.75, 3.05) is 0 Å². The number of hydrogen-bond acceptors (Lipinski definition) is 0. The Morgan fingerprint density at radius 1 is 1.18 bits per heavy atom. The largest absolute Gasteiger partial charge is 0.389 e. The minimum absolute atomic E-state index is 0.297. The molecule has 3 aliphatic rings. The lowest BCUT2D eigenvalue weighted by Crippen LogP contribution is -2.61. The van der Waals surface area contributed by atoms with Crippen LogP contribution in [0.3, 0.4) is 0 Å². The van der Waals surface area contributed by atoms with Crippen LogP contribution < -0.4 is 0 Å². The van der Waals surface area contributed by atoms with Crippen LogP contribution in [0.5, 0.6) is 0 Å². The Hall–Kier alpha value is -0.210. The van der Waals surface area contributed by atoms with E-state index in [1.807, 2.05) is 0 Å². The molecular formula is C8H11F3.